The monoisotopic (exact) mass is 236 g/mol. The van der Waals surface area contributed by atoms with Crippen LogP contribution in [0.5, 0.6) is 5.88 Å². The van der Waals surface area contributed by atoms with Gasteiger partial charge in [0, 0.05) is 6.54 Å². The van der Waals surface area contributed by atoms with Gasteiger partial charge in [-0.15, -0.1) is 0 Å². The summed E-state index contributed by atoms with van der Waals surface area (Å²) in [7, 11) is 4.05. The van der Waals surface area contributed by atoms with Crippen LogP contribution in [0.25, 0.3) is 11.0 Å². The predicted molar refractivity (Wildman–Crippen MR) is 64.8 cm³/mol. The summed E-state index contributed by atoms with van der Waals surface area (Å²) in [4.78, 5) is 10.2. The van der Waals surface area contributed by atoms with E-state index >= 15 is 0 Å². The van der Waals surface area contributed by atoms with E-state index in [0.717, 1.165) is 18.4 Å². The number of anilines is 1. The second-order valence-electron chi connectivity index (χ2n) is 4.02. The maximum absolute atomic E-state index is 5.59. The minimum atomic E-state index is 0.185. The summed E-state index contributed by atoms with van der Waals surface area (Å²) in [5, 5.41) is 7.38. The zero-order chi connectivity index (χ0) is 12.3. The van der Waals surface area contributed by atoms with Crippen molar-refractivity contribution in [3.8, 4) is 5.88 Å². The SMILES string of the molecule is CN(C)CCCOc1nc(N)nc2[nH]ncc12. The molecule has 0 amide bonds. The number of aromatic amines is 1. The molecule has 2 aromatic heterocycles. The lowest BCUT2D eigenvalue weighted by Crippen LogP contribution is -2.15. The Morgan fingerprint density at radius 2 is 2.24 bits per heavy atom. The van der Waals surface area contributed by atoms with Crippen molar-refractivity contribution in [1.82, 2.24) is 25.1 Å². The van der Waals surface area contributed by atoms with Crippen LogP contribution in [-0.2, 0) is 0 Å². The molecule has 0 aromatic carbocycles. The molecule has 0 radical (unpaired) electrons. The lowest BCUT2D eigenvalue weighted by molar-refractivity contribution is 0.276. The molecule has 0 unspecified atom stereocenters. The molecule has 7 nitrogen and oxygen atoms in total. The first-order valence-corrected chi connectivity index (χ1v) is 5.41. The molecule has 0 fully saturated rings. The van der Waals surface area contributed by atoms with Crippen LogP contribution in [0.15, 0.2) is 6.20 Å². The summed E-state index contributed by atoms with van der Waals surface area (Å²) in [6.45, 7) is 1.56. The van der Waals surface area contributed by atoms with E-state index in [9.17, 15) is 0 Å². The van der Waals surface area contributed by atoms with Crippen LogP contribution in [0.1, 0.15) is 6.42 Å². The predicted octanol–water partition coefficient (Wildman–Crippen LogP) is 0.266. The van der Waals surface area contributed by atoms with Gasteiger partial charge >= 0.3 is 0 Å². The van der Waals surface area contributed by atoms with Gasteiger partial charge in [-0.25, -0.2) is 0 Å². The highest BCUT2D eigenvalue weighted by Gasteiger charge is 2.08. The van der Waals surface area contributed by atoms with Gasteiger partial charge < -0.3 is 15.4 Å². The van der Waals surface area contributed by atoms with Crippen LogP contribution in [0.2, 0.25) is 0 Å². The van der Waals surface area contributed by atoms with E-state index in [2.05, 4.69) is 25.1 Å². The third-order valence-corrected chi connectivity index (χ3v) is 2.28. The lowest BCUT2D eigenvalue weighted by Gasteiger charge is -2.10. The van der Waals surface area contributed by atoms with Crippen LogP contribution in [-0.4, -0.2) is 52.3 Å². The van der Waals surface area contributed by atoms with Gasteiger partial charge in [0.1, 0.15) is 5.39 Å². The van der Waals surface area contributed by atoms with Gasteiger partial charge in [0.05, 0.1) is 12.8 Å². The van der Waals surface area contributed by atoms with Crippen molar-refractivity contribution >= 4 is 17.0 Å². The van der Waals surface area contributed by atoms with E-state index in [0.29, 0.717) is 18.1 Å². The lowest BCUT2D eigenvalue weighted by atomic mass is 10.4. The van der Waals surface area contributed by atoms with Crippen molar-refractivity contribution in [1.29, 1.82) is 0 Å². The summed E-state index contributed by atoms with van der Waals surface area (Å²) in [5.74, 6) is 0.671. The second kappa shape index (κ2) is 4.96. The van der Waals surface area contributed by atoms with Crippen molar-refractivity contribution in [2.75, 3.05) is 33.0 Å². The smallest absolute Gasteiger partial charge is 0.229 e. The minimum absolute atomic E-state index is 0.185. The van der Waals surface area contributed by atoms with E-state index in [1.165, 1.54) is 0 Å². The van der Waals surface area contributed by atoms with Crippen molar-refractivity contribution in [2.45, 2.75) is 6.42 Å². The van der Waals surface area contributed by atoms with E-state index < -0.39 is 0 Å². The van der Waals surface area contributed by atoms with Crippen molar-refractivity contribution in [2.24, 2.45) is 0 Å². The Morgan fingerprint density at radius 3 is 3.00 bits per heavy atom. The normalized spacial score (nSPS) is 11.2. The molecule has 92 valence electrons. The molecular weight excluding hydrogens is 220 g/mol. The molecule has 0 atom stereocenters. The van der Waals surface area contributed by atoms with Crippen molar-refractivity contribution in [3.05, 3.63) is 6.20 Å². The molecule has 0 saturated heterocycles. The van der Waals surface area contributed by atoms with Crippen LogP contribution >= 0.6 is 0 Å². The maximum Gasteiger partial charge on any atom is 0.229 e. The Hall–Kier alpha value is -1.89. The largest absolute Gasteiger partial charge is 0.477 e. The van der Waals surface area contributed by atoms with Crippen molar-refractivity contribution in [3.63, 3.8) is 0 Å². The average molecular weight is 236 g/mol. The second-order valence-corrected chi connectivity index (χ2v) is 4.02. The average Bonchev–Trinajstić information content (AvgIpc) is 2.71. The first-order valence-electron chi connectivity index (χ1n) is 5.41. The molecule has 17 heavy (non-hydrogen) atoms. The highest BCUT2D eigenvalue weighted by Crippen LogP contribution is 2.20. The van der Waals surface area contributed by atoms with Crippen LogP contribution < -0.4 is 10.5 Å². The number of nitrogens with zero attached hydrogens (tertiary/aromatic N) is 4. The summed E-state index contributed by atoms with van der Waals surface area (Å²) in [5.41, 5.74) is 6.18. The molecule has 2 rings (SSSR count). The molecule has 7 heteroatoms. The molecule has 0 saturated carbocycles. The minimum Gasteiger partial charge on any atom is -0.477 e. The van der Waals surface area contributed by atoms with E-state index in [1.807, 2.05) is 14.1 Å². The maximum atomic E-state index is 5.59. The van der Waals surface area contributed by atoms with Crippen LogP contribution in [0.4, 0.5) is 5.95 Å². The zero-order valence-electron chi connectivity index (χ0n) is 9.97. The van der Waals surface area contributed by atoms with Gasteiger partial charge in [-0.2, -0.15) is 15.1 Å². The summed E-state index contributed by atoms with van der Waals surface area (Å²) < 4.78 is 5.59. The number of H-pyrrole nitrogens is 1. The van der Waals surface area contributed by atoms with E-state index in [1.54, 1.807) is 6.20 Å². The van der Waals surface area contributed by atoms with Crippen LogP contribution in [0, 0.1) is 0 Å². The highest BCUT2D eigenvalue weighted by molar-refractivity contribution is 5.80. The fourth-order valence-corrected chi connectivity index (χ4v) is 1.48. The van der Waals surface area contributed by atoms with Gasteiger partial charge in [0.2, 0.25) is 11.8 Å². The Balaban J connectivity index is 2.04. The quantitative estimate of drug-likeness (QED) is 0.724. The number of ether oxygens (including phenoxy) is 1. The summed E-state index contributed by atoms with van der Waals surface area (Å²) in [6.07, 6.45) is 2.56. The standard InChI is InChI=1S/C10H16N6O/c1-16(2)4-3-5-17-9-7-6-12-15-8(7)13-10(11)14-9/h6H,3-5H2,1-2H3,(H3,11,12,13,14,15). The third kappa shape index (κ3) is 2.82. The molecule has 0 aliphatic heterocycles. The van der Waals surface area contributed by atoms with Crippen LogP contribution in [0.3, 0.4) is 0 Å². The third-order valence-electron chi connectivity index (χ3n) is 2.28. The Labute approximate surface area is 99.0 Å². The highest BCUT2D eigenvalue weighted by atomic mass is 16.5. The molecular formula is C10H16N6O. The van der Waals surface area contributed by atoms with E-state index in [4.69, 9.17) is 10.5 Å². The number of rotatable bonds is 5. The van der Waals surface area contributed by atoms with Crippen molar-refractivity contribution < 1.29 is 4.74 Å². The van der Waals surface area contributed by atoms with Gasteiger partial charge in [-0.1, -0.05) is 0 Å². The van der Waals surface area contributed by atoms with E-state index in [-0.39, 0.29) is 5.95 Å². The van der Waals surface area contributed by atoms with Gasteiger partial charge in [0.25, 0.3) is 0 Å². The number of nitrogens with one attached hydrogen (secondary N) is 1. The number of nitrogen functional groups attached to an aromatic ring is 1. The Bertz CT molecular complexity index is 495. The molecule has 0 bridgehead atoms. The number of fused-ring (bicyclic) bond motifs is 1. The zero-order valence-corrected chi connectivity index (χ0v) is 9.97. The first kappa shape index (κ1) is 11.6. The first-order chi connectivity index (χ1) is 8.16. The van der Waals surface area contributed by atoms with Gasteiger partial charge in [-0.05, 0) is 20.5 Å². The fraction of sp³-hybridized carbons (Fsp3) is 0.500. The molecule has 0 aliphatic carbocycles. The van der Waals surface area contributed by atoms with Gasteiger partial charge in [-0.3, -0.25) is 5.10 Å². The number of hydrogen-bond acceptors (Lipinski definition) is 6. The molecule has 0 aliphatic rings. The molecule has 0 spiro atoms. The molecule has 2 aromatic rings. The summed E-state index contributed by atoms with van der Waals surface area (Å²) in [6, 6.07) is 0. The fourth-order valence-electron chi connectivity index (χ4n) is 1.48. The summed E-state index contributed by atoms with van der Waals surface area (Å²) >= 11 is 0. The Kier molecular flexibility index (Phi) is 3.38. The topological polar surface area (TPSA) is 93.0 Å². The van der Waals surface area contributed by atoms with Gasteiger partial charge in [0.15, 0.2) is 5.65 Å². The molecule has 2 heterocycles. The number of hydrogen-bond donors (Lipinski definition) is 2. The Morgan fingerprint density at radius 1 is 1.41 bits per heavy atom. The number of nitrogens with two attached hydrogens (primary N) is 1. The number of aromatic nitrogens is 4. The molecule has 3 N–H and O–H groups in total.